The molecular formula is C8H20N2O2. The molecule has 4 N–H and O–H groups in total. The van der Waals surface area contributed by atoms with Crippen LogP contribution in [-0.4, -0.2) is 54.5 Å². The Hall–Kier alpha value is -0.160. The Morgan fingerprint density at radius 2 is 1.58 bits per heavy atom. The van der Waals surface area contributed by atoms with Crippen molar-refractivity contribution in [2.45, 2.75) is 12.8 Å². The second kappa shape index (κ2) is 8.93. The number of hydrogen-bond donors (Lipinski definition) is 3. The molecule has 12 heavy (non-hydrogen) atoms. The van der Waals surface area contributed by atoms with Gasteiger partial charge in [0.1, 0.15) is 0 Å². The molecule has 4 heteroatoms. The number of rotatable bonds is 8. The molecule has 74 valence electrons. The van der Waals surface area contributed by atoms with Gasteiger partial charge in [-0.15, -0.1) is 0 Å². The Morgan fingerprint density at radius 3 is 2.08 bits per heavy atom. The summed E-state index contributed by atoms with van der Waals surface area (Å²) in [6, 6.07) is 0. The first-order chi connectivity index (χ1) is 5.85. The molecule has 0 unspecified atom stereocenters. The summed E-state index contributed by atoms with van der Waals surface area (Å²) in [6.07, 6.45) is 1.72. The van der Waals surface area contributed by atoms with Crippen molar-refractivity contribution in [2.75, 3.05) is 39.4 Å². The fourth-order valence-electron chi connectivity index (χ4n) is 1.09. The molecule has 4 nitrogen and oxygen atoms in total. The monoisotopic (exact) mass is 176 g/mol. The molecular weight excluding hydrogens is 156 g/mol. The summed E-state index contributed by atoms with van der Waals surface area (Å²) >= 11 is 0. The smallest absolute Gasteiger partial charge is 0.0558 e. The van der Waals surface area contributed by atoms with Crippen molar-refractivity contribution in [1.82, 2.24) is 4.90 Å². The van der Waals surface area contributed by atoms with Crippen LogP contribution in [0.2, 0.25) is 0 Å². The van der Waals surface area contributed by atoms with Crippen LogP contribution in [-0.2, 0) is 0 Å². The highest BCUT2D eigenvalue weighted by Crippen LogP contribution is 1.92. The molecule has 0 saturated heterocycles. The molecule has 0 saturated carbocycles. The molecule has 0 spiro atoms. The average Bonchev–Trinajstić information content (AvgIpc) is 2.10. The van der Waals surface area contributed by atoms with Crippen LogP contribution >= 0.6 is 0 Å². The highest BCUT2D eigenvalue weighted by molar-refractivity contribution is 4.57. The Labute approximate surface area is 74.0 Å². The van der Waals surface area contributed by atoms with Gasteiger partial charge in [0, 0.05) is 19.7 Å². The van der Waals surface area contributed by atoms with Crippen LogP contribution in [0.5, 0.6) is 0 Å². The lowest BCUT2D eigenvalue weighted by Gasteiger charge is -2.20. The topological polar surface area (TPSA) is 69.7 Å². The third kappa shape index (κ3) is 6.54. The zero-order chi connectivity index (χ0) is 9.23. The summed E-state index contributed by atoms with van der Waals surface area (Å²) in [5.41, 5.74) is 5.36. The van der Waals surface area contributed by atoms with Crippen LogP contribution < -0.4 is 5.73 Å². The third-order valence-corrected chi connectivity index (χ3v) is 1.73. The normalized spacial score (nSPS) is 11.0. The van der Waals surface area contributed by atoms with Crippen molar-refractivity contribution in [3.63, 3.8) is 0 Å². The van der Waals surface area contributed by atoms with Gasteiger partial charge in [-0.2, -0.15) is 0 Å². The molecule has 0 heterocycles. The highest BCUT2D eigenvalue weighted by Gasteiger charge is 2.01. The van der Waals surface area contributed by atoms with Crippen LogP contribution in [0.25, 0.3) is 0 Å². The molecule has 0 aromatic rings. The molecule has 0 aromatic heterocycles. The minimum Gasteiger partial charge on any atom is -0.396 e. The van der Waals surface area contributed by atoms with Gasteiger partial charge in [-0.3, -0.25) is 0 Å². The Bertz CT molecular complexity index is 83.1. The number of hydrogen-bond acceptors (Lipinski definition) is 4. The van der Waals surface area contributed by atoms with Gasteiger partial charge in [-0.05, 0) is 25.9 Å². The molecule has 0 atom stereocenters. The lowest BCUT2D eigenvalue weighted by atomic mass is 10.3. The molecule has 0 aliphatic rings. The van der Waals surface area contributed by atoms with E-state index in [0.29, 0.717) is 13.1 Å². The van der Waals surface area contributed by atoms with Gasteiger partial charge < -0.3 is 20.8 Å². The quantitative estimate of drug-likeness (QED) is 0.444. The minimum absolute atomic E-state index is 0.177. The molecule has 0 amide bonds. The van der Waals surface area contributed by atoms with E-state index in [0.717, 1.165) is 25.9 Å². The van der Waals surface area contributed by atoms with Crippen molar-refractivity contribution >= 4 is 0 Å². The van der Waals surface area contributed by atoms with E-state index in [4.69, 9.17) is 15.9 Å². The molecule has 0 fully saturated rings. The number of aliphatic hydroxyl groups is 2. The van der Waals surface area contributed by atoms with Gasteiger partial charge >= 0.3 is 0 Å². The first-order valence-electron chi connectivity index (χ1n) is 4.49. The largest absolute Gasteiger partial charge is 0.396 e. The summed E-state index contributed by atoms with van der Waals surface area (Å²) in [6.45, 7) is 3.51. The molecule has 0 aromatic carbocycles. The summed E-state index contributed by atoms with van der Waals surface area (Å²) in [4.78, 5) is 2.11. The van der Waals surface area contributed by atoms with Gasteiger partial charge in [0.15, 0.2) is 0 Å². The van der Waals surface area contributed by atoms with E-state index in [1.807, 2.05) is 0 Å². The summed E-state index contributed by atoms with van der Waals surface area (Å²) < 4.78 is 0. The van der Waals surface area contributed by atoms with Crippen molar-refractivity contribution in [3.05, 3.63) is 0 Å². The first kappa shape index (κ1) is 11.8. The van der Waals surface area contributed by atoms with Gasteiger partial charge in [0.2, 0.25) is 0 Å². The fourth-order valence-corrected chi connectivity index (χ4v) is 1.09. The zero-order valence-corrected chi connectivity index (χ0v) is 7.58. The zero-order valence-electron chi connectivity index (χ0n) is 7.58. The van der Waals surface area contributed by atoms with Crippen LogP contribution in [0.3, 0.4) is 0 Å². The fraction of sp³-hybridized carbons (Fsp3) is 1.00. The Morgan fingerprint density at radius 1 is 0.917 bits per heavy atom. The van der Waals surface area contributed by atoms with E-state index in [-0.39, 0.29) is 13.2 Å². The van der Waals surface area contributed by atoms with E-state index in [1.54, 1.807) is 0 Å². The van der Waals surface area contributed by atoms with Gasteiger partial charge in [0.25, 0.3) is 0 Å². The maximum Gasteiger partial charge on any atom is 0.0558 e. The number of nitrogens with two attached hydrogens (primary N) is 1. The van der Waals surface area contributed by atoms with Gasteiger partial charge in [-0.25, -0.2) is 0 Å². The van der Waals surface area contributed by atoms with E-state index >= 15 is 0 Å². The number of nitrogens with zero attached hydrogens (tertiary/aromatic N) is 1. The van der Waals surface area contributed by atoms with Crippen molar-refractivity contribution in [1.29, 1.82) is 0 Å². The van der Waals surface area contributed by atoms with Crippen LogP contribution in [0.4, 0.5) is 0 Å². The van der Waals surface area contributed by atoms with E-state index in [2.05, 4.69) is 4.90 Å². The predicted molar refractivity (Wildman–Crippen MR) is 48.9 cm³/mol. The lowest BCUT2D eigenvalue weighted by molar-refractivity contribution is 0.179. The van der Waals surface area contributed by atoms with Crippen LogP contribution in [0.15, 0.2) is 0 Å². The van der Waals surface area contributed by atoms with E-state index < -0.39 is 0 Å². The Kier molecular flexibility index (Phi) is 8.81. The second-order valence-electron chi connectivity index (χ2n) is 2.78. The van der Waals surface area contributed by atoms with Crippen LogP contribution in [0.1, 0.15) is 12.8 Å². The van der Waals surface area contributed by atoms with Crippen molar-refractivity contribution in [3.8, 4) is 0 Å². The van der Waals surface area contributed by atoms with Crippen LogP contribution in [0, 0.1) is 0 Å². The maximum absolute atomic E-state index is 8.70. The molecule has 0 aliphatic carbocycles. The van der Waals surface area contributed by atoms with Gasteiger partial charge in [0.05, 0.1) is 6.61 Å². The molecule has 0 bridgehead atoms. The Balaban J connectivity index is 3.40. The SMILES string of the molecule is NCCCN(CCO)CCCO. The standard InChI is InChI=1S/C8H20N2O2/c9-3-1-4-10(6-8-12)5-2-7-11/h11-12H,1-9H2. The second-order valence-corrected chi connectivity index (χ2v) is 2.78. The van der Waals surface area contributed by atoms with E-state index in [9.17, 15) is 0 Å². The molecule has 0 radical (unpaired) electrons. The minimum atomic E-state index is 0.177. The first-order valence-corrected chi connectivity index (χ1v) is 4.49. The predicted octanol–water partition coefficient (Wildman–Crippen LogP) is -0.988. The number of aliphatic hydroxyl groups excluding tert-OH is 2. The molecule has 0 rings (SSSR count). The average molecular weight is 176 g/mol. The summed E-state index contributed by atoms with van der Waals surface area (Å²) in [7, 11) is 0. The third-order valence-electron chi connectivity index (χ3n) is 1.73. The summed E-state index contributed by atoms with van der Waals surface area (Å²) in [5.74, 6) is 0. The van der Waals surface area contributed by atoms with Gasteiger partial charge in [-0.1, -0.05) is 0 Å². The maximum atomic E-state index is 8.70. The van der Waals surface area contributed by atoms with E-state index in [1.165, 1.54) is 0 Å². The lowest BCUT2D eigenvalue weighted by Crippen LogP contribution is -2.30. The summed E-state index contributed by atoms with van der Waals surface area (Å²) in [5, 5.41) is 17.3. The highest BCUT2D eigenvalue weighted by atomic mass is 16.3. The van der Waals surface area contributed by atoms with Crippen molar-refractivity contribution in [2.24, 2.45) is 5.73 Å². The molecule has 0 aliphatic heterocycles. The van der Waals surface area contributed by atoms with Crippen molar-refractivity contribution < 1.29 is 10.2 Å².